The molecule has 0 spiro atoms. The highest BCUT2D eigenvalue weighted by Gasteiger charge is 2.07. The van der Waals surface area contributed by atoms with Crippen molar-refractivity contribution in [3.05, 3.63) is 24.0 Å². The van der Waals surface area contributed by atoms with Crippen molar-refractivity contribution < 1.29 is 9.53 Å². The van der Waals surface area contributed by atoms with Gasteiger partial charge in [-0.15, -0.1) is 0 Å². The number of carbonyl (C=O) groups is 1. The first kappa shape index (κ1) is 15.4. The van der Waals surface area contributed by atoms with Crippen molar-refractivity contribution in [2.24, 2.45) is 0 Å². The first-order valence-electron chi connectivity index (χ1n) is 6.27. The Hall–Kier alpha value is -1.66. The predicted octanol–water partition coefficient (Wildman–Crippen LogP) is 0.431. The van der Waals surface area contributed by atoms with Crippen LogP contribution in [-0.2, 0) is 4.74 Å². The Kier molecular flexibility index (Phi) is 6.84. The average molecular weight is 266 g/mol. The van der Waals surface area contributed by atoms with Gasteiger partial charge in [0.1, 0.15) is 5.69 Å². The maximum absolute atomic E-state index is 11.9. The summed E-state index contributed by atoms with van der Waals surface area (Å²) in [7, 11) is 5.48. The number of aromatic nitrogens is 1. The van der Waals surface area contributed by atoms with E-state index in [4.69, 9.17) is 4.74 Å². The lowest BCUT2D eigenvalue weighted by molar-refractivity contribution is 0.0942. The maximum Gasteiger partial charge on any atom is 0.269 e. The number of hydrogen-bond acceptors (Lipinski definition) is 5. The molecule has 106 valence electrons. The van der Waals surface area contributed by atoms with Gasteiger partial charge in [0, 0.05) is 45.7 Å². The van der Waals surface area contributed by atoms with E-state index in [1.807, 2.05) is 20.2 Å². The first-order chi connectivity index (χ1) is 9.17. The van der Waals surface area contributed by atoms with E-state index in [2.05, 4.69) is 20.5 Å². The summed E-state index contributed by atoms with van der Waals surface area (Å²) >= 11 is 0. The van der Waals surface area contributed by atoms with Gasteiger partial charge in [-0.25, -0.2) is 0 Å². The van der Waals surface area contributed by atoms with Gasteiger partial charge in [0.25, 0.3) is 5.91 Å². The van der Waals surface area contributed by atoms with Crippen molar-refractivity contribution in [1.29, 1.82) is 0 Å². The van der Waals surface area contributed by atoms with Crippen LogP contribution in [0.1, 0.15) is 10.5 Å². The minimum atomic E-state index is -0.155. The van der Waals surface area contributed by atoms with Crippen molar-refractivity contribution in [2.75, 3.05) is 52.8 Å². The van der Waals surface area contributed by atoms with Gasteiger partial charge in [-0.1, -0.05) is 0 Å². The second kappa shape index (κ2) is 8.44. The summed E-state index contributed by atoms with van der Waals surface area (Å²) < 4.78 is 4.99. The molecule has 0 saturated carbocycles. The SMILES string of the molecule is CNc1ccnc(C(=O)NCCN(C)CCOC)c1. The van der Waals surface area contributed by atoms with Gasteiger partial charge in [0.05, 0.1) is 6.61 Å². The van der Waals surface area contributed by atoms with Crippen LogP contribution in [0.3, 0.4) is 0 Å². The van der Waals surface area contributed by atoms with E-state index < -0.39 is 0 Å². The van der Waals surface area contributed by atoms with Crippen LogP contribution in [-0.4, -0.2) is 63.2 Å². The van der Waals surface area contributed by atoms with Crippen LogP contribution in [0.5, 0.6) is 0 Å². The Morgan fingerprint density at radius 1 is 1.47 bits per heavy atom. The minimum Gasteiger partial charge on any atom is -0.388 e. The number of rotatable bonds is 8. The Morgan fingerprint density at radius 2 is 2.26 bits per heavy atom. The quantitative estimate of drug-likeness (QED) is 0.714. The molecule has 0 aromatic carbocycles. The normalized spacial score (nSPS) is 10.5. The molecule has 1 heterocycles. The molecule has 19 heavy (non-hydrogen) atoms. The fourth-order valence-corrected chi connectivity index (χ4v) is 1.52. The zero-order chi connectivity index (χ0) is 14.1. The lowest BCUT2D eigenvalue weighted by Gasteiger charge is -2.16. The van der Waals surface area contributed by atoms with E-state index in [0.29, 0.717) is 18.8 Å². The smallest absolute Gasteiger partial charge is 0.269 e. The number of ether oxygens (including phenoxy) is 1. The minimum absolute atomic E-state index is 0.155. The first-order valence-corrected chi connectivity index (χ1v) is 6.27. The number of nitrogens with zero attached hydrogens (tertiary/aromatic N) is 2. The summed E-state index contributed by atoms with van der Waals surface area (Å²) in [6.45, 7) is 2.90. The van der Waals surface area contributed by atoms with E-state index >= 15 is 0 Å². The number of amides is 1. The number of carbonyl (C=O) groups excluding carboxylic acids is 1. The summed E-state index contributed by atoms with van der Waals surface area (Å²) in [5, 5.41) is 5.82. The molecule has 0 saturated heterocycles. The van der Waals surface area contributed by atoms with Crippen LogP contribution in [0.2, 0.25) is 0 Å². The average Bonchev–Trinajstić information content (AvgIpc) is 2.45. The second-order valence-electron chi connectivity index (χ2n) is 4.23. The number of pyridine rings is 1. The van der Waals surface area contributed by atoms with E-state index in [9.17, 15) is 4.79 Å². The molecular formula is C13H22N4O2. The number of anilines is 1. The van der Waals surface area contributed by atoms with E-state index in [0.717, 1.165) is 18.8 Å². The molecular weight excluding hydrogens is 244 g/mol. The van der Waals surface area contributed by atoms with Crippen LogP contribution in [0.25, 0.3) is 0 Å². The summed E-state index contributed by atoms with van der Waals surface area (Å²) in [6, 6.07) is 3.54. The molecule has 0 aliphatic rings. The van der Waals surface area contributed by atoms with E-state index in [1.54, 1.807) is 19.4 Å². The fourth-order valence-electron chi connectivity index (χ4n) is 1.52. The van der Waals surface area contributed by atoms with Crippen molar-refractivity contribution >= 4 is 11.6 Å². The van der Waals surface area contributed by atoms with E-state index in [1.165, 1.54) is 0 Å². The van der Waals surface area contributed by atoms with Crippen molar-refractivity contribution in [2.45, 2.75) is 0 Å². The fraction of sp³-hybridized carbons (Fsp3) is 0.538. The zero-order valence-electron chi connectivity index (χ0n) is 11.8. The number of methoxy groups -OCH3 is 1. The summed E-state index contributed by atoms with van der Waals surface area (Å²) in [4.78, 5) is 18.0. The zero-order valence-corrected chi connectivity index (χ0v) is 11.8. The third kappa shape index (κ3) is 5.67. The van der Waals surface area contributed by atoms with Gasteiger partial charge < -0.3 is 20.3 Å². The molecule has 0 bridgehead atoms. The summed E-state index contributed by atoms with van der Waals surface area (Å²) in [5.41, 5.74) is 1.30. The van der Waals surface area contributed by atoms with Gasteiger partial charge in [0.15, 0.2) is 0 Å². The Labute approximate surface area is 114 Å². The molecule has 6 heteroatoms. The largest absolute Gasteiger partial charge is 0.388 e. The molecule has 1 aromatic heterocycles. The molecule has 1 rings (SSSR count). The molecule has 0 aliphatic carbocycles. The third-order valence-electron chi connectivity index (χ3n) is 2.74. The highest BCUT2D eigenvalue weighted by molar-refractivity contribution is 5.93. The molecule has 0 radical (unpaired) electrons. The molecule has 1 aromatic rings. The van der Waals surface area contributed by atoms with Crippen LogP contribution >= 0.6 is 0 Å². The maximum atomic E-state index is 11.9. The van der Waals surface area contributed by atoms with Crippen LogP contribution in [0, 0.1) is 0 Å². The Morgan fingerprint density at radius 3 is 2.95 bits per heavy atom. The van der Waals surface area contributed by atoms with Gasteiger partial charge in [0.2, 0.25) is 0 Å². The lowest BCUT2D eigenvalue weighted by atomic mass is 10.3. The monoisotopic (exact) mass is 266 g/mol. The van der Waals surface area contributed by atoms with Crippen LogP contribution in [0.15, 0.2) is 18.3 Å². The molecule has 0 fully saturated rings. The lowest BCUT2D eigenvalue weighted by Crippen LogP contribution is -2.34. The molecule has 0 aliphatic heterocycles. The molecule has 2 N–H and O–H groups in total. The van der Waals surface area contributed by atoms with Gasteiger partial charge in [-0.05, 0) is 19.2 Å². The van der Waals surface area contributed by atoms with Crippen molar-refractivity contribution in [3.63, 3.8) is 0 Å². The van der Waals surface area contributed by atoms with Gasteiger partial charge in [-0.3, -0.25) is 9.78 Å². The standard InChI is InChI=1S/C13H22N4O2/c1-14-11-4-5-15-12(10-11)13(18)16-6-7-17(2)8-9-19-3/h4-5,10H,6-9H2,1-3H3,(H,14,15)(H,16,18). The number of likely N-dealkylation sites (N-methyl/N-ethyl adjacent to an activating group) is 1. The summed E-state index contributed by atoms with van der Waals surface area (Å²) in [5.74, 6) is -0.155. The predicted molar refractivity (Wildman–Crippen MR) is 75.5 cm³/mol. The Balaban J connectivity index is 2.34. The van der Waals surface area contributed by atoms with Gasteiger partial charge in [-0.2, -0.15) is 0 Å². The summed E-state index contributed by atoms with van der Waals surface area (Å²) in [6.07, 6.45) is 1.62. The highest BCUT2D eigenvalue weighted by atomic mass is 16.5. The second-order valence-corrected chi connectivity index (χ2v) is 4.23. The highest BCUT2D eigenvalue weighted by Crippen LogP contribution is 2.06. The molecule has 0 unspecified atom stereocenters. The molecule has 6 nitrogen and oxygen atoms in total. The number of nitrogens with one attached hydrogen (secondary N) is 2. The third-order valence-corrected chi connectivity index (χ3v) is 2.74. The van der Waals surface area contributed by atoms with Crippen molar-refractivity contribution in [3.8, 4) is 0 Å². The topological polar surface area (TPSA) is 66.5 Å². The van der Waals surface area contributed by atoms with E-state index in [-0.39, 0.29) is 5.91 Å². The van der Waals surface area contributed by atoms with Crippen LogP contribution in [0.4, 0.5) is 5.69 Å². The molecule has 0 atom stereocenters. The van der Waals surface area contributed by atoms with Crippen LogP contribution < -0.4 is 10.6 Å². The van der Waals surface area contributed by atoms with Gasteiger partial charge >= 0.3 is 0 Å². The van der Waals surface area contributed by atoms with Crippen molar-refractivity contribution in [1.82, 2.24) is 15.2 Å². The molecule has 1 amide bonds. The Bertz CT molecular complexity index is 398. The number of hydrogen-bond donors (Lipinski definition) is 2.